The smallest absolute Gasteiger partial charge is 0.0393 e. The van der Waals surface area contributed by atoms with E-state index in [4.69, 9.17) is 5.73 Å². The third kappa shape index (κ3) is 2.43. The molecule has 0 aliphatic carbocycles. The van der Waals surface area contributed by atoms with Crippen molar-refractivity contribution in [3.8, 4) is 22.3 Å². The van der Waals surface area contributed by atoms with Crippen molar-refractivity contribution in [3.05, 3.63) is 78.4 Å². The fraction of sp³-hybridized carbons (Fsp3) is 0.0526. The fourth-order valence-electron chi connectivity index (χ4n) is 2.45. The Bertz CT molecular complexity index is 744. The maximum atomic E-state index is 6.07. The SMILES string of the molecule is Cc1cccc(-c2cccc(-c3ccccc3N)c2)c1. The van der Waals surface area contributed by atoms with Crippen LogP contribution < -0.4 is 5.73 Å². The van der Waals surface area contributed by atoms with E-state index in [1.807, 2.05) is 18.2 Å². The topological polar surface area (TPSA) is 26.0 Å². The minimum atomic E-state index is 0.814. The molecule has 0 aliphatic heterocycles. The third-order valence-corrected chi connectivity index (χ3v) is 3.49. The molecule has 0 aromatic heterocycles. The zero-order valence-electron chi connectivity index (χ0n) is 11.5. The van der Waals surface area contributed by atoms with E-state index in [0.717, 1.165) is 16.8 Å². The Kier molecular flexibility index (Phi) is 3.26. The normalized spacial score (nSPS) is 10.4. The molecule has 3 aromatic rings. The number of hydrogen-bond donors (Lipinski definition) is 1. The summed E-state index contributed by atoms with van der Waals surface area (Å²) in [4.78, 5) is 0. The van der Waals surface area contributed by atoms with Gasteiger partial charge in [0.05, 0.1) is 0 Å². The highest BCUT2D eigenvalue weighted by atomic mass is 14.6. The zero-order valence-corrected chi connectivity index (χ0v) is 11.5. The quantitative estimate of drug-likeness (QED) is 0.650. The molecular weight excluding hydrogens is 242 g/mol. The van der Waals surface area contributed by atoms with Gasteiger partial charge in [-0.15, -0.1) is 0 Å². The molecule has 0 saturated carbocycles. The Morgan fingerprint density at radius 1 is 0.650 bits per heavy atom. The van der Waals surface area contributed by atoms with Crippen molar-refractivity contribution in [2.45, 2.75) is 6.92 Å². The van der Waals surface area contributed by atoms with Gasteiger partial charge in [0.1, 0.15) is 0 Å². The van der Waals surface area contributed by atoms with Crippen molar-refractivity contribution in [1.82, 2.24) is 0 Å². The number of aryl methyl sites for hydroxylation is 1. The molecule has 0 aliphatic rings. The second-order valence-corrected chi connectivity index (χ2v) is 5.04. The van der Waals surface area contributed by atoms with Crippen LogP contribution >= 0.6 is 0 Å². The molecule has 20 heavy (non-hydrogen) atoms. The Labute approximate surface area is 119 Å². The van der Waals surface area contributed by atoms with Crippen molar-refractivity contribution in [2.75, 3.05) is 5.73 Å². The largest absolute Gasteiger partial charge is 0.398 e. The number of para-hydroxylation sites is 1. The lowest BCUT2D eigenvalue weighted by Crippen LogP contribution is -1.89. The van der Waals surface area contributed by atoms with Gasteiger partial charge in [0, 0.05) is 11.3 Å². The van der Waals surface area contributed by atoms with Gasteiger partial charge >= 0.3 is 0 Å². The van der Waals surface area contributed by atoms with E-state index in [0.29, 0.717) is 0 Å². The van der Waals surface area contributed by atoms with Crippen molar-refractivity contribution in [1.29, 1.82) is 0 Å². The van der Waals surface area contributed by atoms with Crippen LogP contribution in [0, 0.1) is 6.92 Å². The molecule has 2 N–H and O–H groups in total. The van der Waals surface area contributed by atoms with Crippen LogP contribution in [-0.4, -0.2) is 0 Å². The molecule has 3 rings (SSSR count). The summed E-state index contributed by atoms with van der Waals surface area (Å²) in [6, 6.07) is 25.0. The molecule has 3 aromatic carbocycles. The maximum absolute atomic E-state index is 6.07. The monoisotopic (exact) mass is 259 g/mol. The first-order chi connectivity index (χ1) is 9.74. The molecule has 0 fully saturated rings. The standard InChI is InChI=1S/C19H17N/c1-14-6-4-7-15(12-14)16-8-5-9-17(13-16)18-10-2-3-11-19(18)20/h2-13H,20H2,1H3. The fourth-order valence-corrected chi connectivity index (χ4v) is 2.45. The molecule has 98 valence electrons. The van der Waals surface area contributed by atoms with Gasteiger partial charge in [-0.2, -0.15) is 0 Å². The van der Waals surface area contributed by atoms with E-state index in [9.17, 15) is 0 Å². The Morgan fingerprint density at radius 3 is 2.05 bits per heavy atom. The predicted molar refractivity (Wildman–Crippen MR) is 86.5 cm³/mol. The van der Waals surface area contributed by atoms with Gasteiger partial charge in [-0.05, 0) is 35.7 Å². The minimum Gasteiger partial charge on any atom is -0.398 e. The van der Waals surface area contributed by atoms with Crippen LogP contribution in [0.2, 0.25) is 0 Å². The van der Waals surface area contributed by atoms with Crippen molar-refractivity contribution in [2.24, 2.45) is 0 Å². The lowest BCUT2D eigenvalue weighted by atomic mass is 9.97. The third-order valence-electron chi connectivity index (χ3n) is 3.49. The number of hydrogen-bond acceptors (Lipinski definition) is 1. The Morgan fingerprint density at radius 2 is 1.30 bits per heavy atom. The van der Waals surface area contributed by atoms with Crippen LogP contribution in [0.3, 0.4) is 0 Å². The summed E-state index contributed by atoms with van der Waals surface area (Å²) < 4.78 is 0. The van der Waals surface area contributed by atoms with Gasteiger partial charge in [-0.25, -0.2) is 0 Å². The molecule has 0 spiro atoms. The first-order valence-electron chi connectivity index (χ1n) is 6.76. The van der Waals surface area contributed by atoms with Crippen molar-refractivity contribution >= 4 is 5.69 Å². The van der Waals surface area contributed by atoms with Gasteiger partial charge in [-0.1, -0.05) is 66.2 Å². The van der Waals surface area contributed by atoms with Gasteiger partial charge in [0.2, 0.25) is 0 Å². The molecule has 0 bridgehead atoms. The molecular formula is C19H17N. The minimum absolute atomic E-state index is 0.814. The summed E-state index contributed by atoms with van der Waals surface area (Å²) in [6.07, 6.45) is 0. The molecule has 0 unspecified atom stereocenters. The van der Waals surface area contributed by atoms with Crippen LogP contribution in [0.15, 0.2) is 72.8 Å². The van der Waals surface area contributed by atoms with Crippen molar-refractivity contribution < 1.29 is 0 Å². The highest BCUT2D eigenvalue weighted by molar-refractivity contribution is 5.80. The van der Waals surface area contributed by atoms with E-state index in [1.54, 1.807) is 0 Å². The van der Waals surface area contributed by atoms with E-state index < -0.39 is 0 Å². The summed E-state index contributed by atoms with van der Waals surface area (Å²) in [5.41, 5.74) is 12.8. The molecule has 1 heteroatoms. The van der Waals surface area contributed by atoms with Crippen molar-refractivity contribution in [3.63, 3.8) is 0 Å². The molecule has 0 atom stereocenters. The van der Waals surface area contributed by atoms with Gasteiger partial charge in [0.15, 0.2) is 0 Å². The number of anilines is 1. The molecule has 0 heterocycles. The van der Waals surface area contributed by atoms with E-state index in [2.05, 4.69) is 61.5 Å². The second-order valence-electron chi connectivity index (χ2n) is 5.04. The molecule has 1 nitrogen and oxygen atoms in total. The number of rotatable bonds is 2. The van der Waals surface area contributed by atoms with E-state index in [1.165, 1.54) is 16.7 Å². The van der Waals surface area contributed by atoms with E-state index >= 15 is 0 Å². The predicted octanol–water partition coefficient (Wildman–Crippen LogP) is 4.91. The average Bonchev–Trinajstić information content (AvgIpc) is 2.48. The molecule has 0 saturated heterocycles. The Balaban J connectivity index is 2.09. The summed E-state index contributed by atoms with van der Waals surface area (Å²) >= 11 is 0. The Hall–Kier alpha value is -2.54. The summed E-state index contributed by atoms with van der Waals surface area (Å²) in [7, 11) is 0. The van der Waals surface area contributed by atoms with Crippen LogP contribution in [-0.2, 0) is 0 Å². The zero-order chi connectivity index (χ0) is 13.9. The highest BCUT2D eigenvalue weighted by Crippen LogP contribution is 2.29. The first kappa shape index (κ1) is 12.5. The number of benzene rings is 3. The number of nitrogens with two attached hydrogens (primary N) is 1. The molecule has 0 amide bonds. The second kappa shape index (κ2) is 5.22. The van der Waals surface area contributed by atoms with Gasteiger partial charge in [-0.3, -0.25) is 0 Å². The summed E-state index contributed by atoms with van der Waals surface area (Å²) in [5, 5.41) is 0. The number of nitrogen functional groups attached to an aromatic ring is 1. The lowest BCUT2D eigenvalue weighted by Gasteiger charge is -2.08. The lowest BCUT2D eigenvalue weighted by molar-refractivity contribution is 1.47. The van der Waals surface area contributed by atoms with Gasteiger partial charge in [0.25, 0.3) is 0 Å². The van der Waals surface area contributed by atoms with Crippen LogP contribution in [0.5, 0.6) is 0 Å². The van der Waals surface area contributed by atoms with Crippen LogP contribution in [0.1, 0.15) is 5.56 Å². The summed E-state index contributed by atoms with van der Waals surface area (Å²) in [5.74, 6) is 0. The van der Waals surface area contributed by atoms with Gasteiger partial charge < -0.3 is 5.73 Å². The highest BCUT2D eigenvalue weighted by Gasteiger charge is 2.04. The van der Waals surface area contributed by atoms with Crippen LogP contribution in [0.4, 0.5) is 5.69 Å². The summed E-state index contributed by atoms with van der Waals surface area (Å²) in [6.45, 7) is 2.11. The first-order valence-corrected chi connectivity index (χ1v) is 6.76. The van der Waals surface area contributed by atoms with Crippen LogP contribution in [0.25, 0.3) is 22.3 Å². The molecule has 0 radical (unpaired) electrons. The average molecular weight is 259 g/mol. The van der Waals surface area contributed by atoms with E-state index in [-0.39, 0.29) is 0 Å². The maximum Gasteiger partial charge on any atom is 0.0393 e.